The lowest BCUT2D eigenvalue weighted by atomic mass is 10.2. The number of esters is 1. The van der Waals surface area contributed by atoms with Crippen LogP contribution in [0.3, 0.4) is 0 Å². The molecule has 29 heavy (non-hydrogen) atoms. The number of carbonyl (C=O) groups excluding carboxylic acids is 1. The largest absolute Gasteiger partial charge is 0.462 e. The number of nitrogens with one attached hydrogen (secondary N) is 1. The van der Waals surface area contributed by atoms with Crippen molar-refractivity contribution in [3.63, 3.8) is 0 Å². The molecule has 1 aliphatic rings. The van der Waals surface area contributed by atoms with Gasteiger partial charge in [-0.15, -0.1) is 0 Å². The Balaban J connectivity index is 2.10. The van der Waals surface area contributed by atoms with Crippen molar-refractivity contribution in [1.82, 2.24) is 14.5 Å². The van der Waals surface area contributed by atoms with Gasteiger partial charge in [-0.2, -0.15) is 0 Å². The van der Waals surface area contributed by atoms with Crippen molar-refractivity contribution in [2.45, 2.75) is 33.4 Å². The normalized spacial score (nSPS) is 19.5. The molecule has 1 aliphatic heterocycles. The first kappa shape index (κ1) is 21.1. The monoisotopic (exact) mass is 404 g/mol. The van der Waals surface area contributed by atoms with Crippen LogP contribution in [0.4, 0.5) is 5.69 Å². The second-order valence-corrected chi connectivity index (χ2v) is 6.60. The second-order valence-electron chi connectivity index (χ2n) is 6.60. The standard InChI is InChI=1S/C20H28N4O5/c1-6-27-17-14(18(25)28-7-2)12-24(19(21-17)29-8-3)13-9-10-15-16(11-13)23(5)20(26)22(15)4/h9-12,17,19,21H,6-8H2,1-5H3. The van der Waals surface area contributed by atoms with E-state index in [-0.39, 0.29) is 12.3 Å². The summed E-state index contributed by atoms with van der Waals surface area (Å²) in [5.41, 5.74) is 2.62. The number of hydrogen-bond donors (Lipinski definition) is 1. The zero-order chi connectivity index (χ0) is 21.1. The summed E-state index contributed by atoms with van der Waals surface area (Å²) in [6, 6.07) is 5.65. The molecular weight excluding hydrogens is 376 g/mol. The molecule has 0 spiro atoms. The van der Waals surface area contributed by atoms with Gasteiger partial charge in [0.25, 0.3) is 0 Å². The molecule has 0 radical (unpaired) electrons. The summed E-state index contributed by atoms with van der Waals surface area (Å²) in [5, 5.41) is 3.21. The summed E-state index contributed by atoms with van der Waals surface area (Å²) in [6.45, 7) is 6.66. The lowest BCUT2D eigenvalue weighted by Crippen LogP contribution is -2.56. The summed E-state index contributed by atoms with van der Waals surface area (Å²) < 4.78 is 19.9. The van der Waals surface area contributed by atoms with Gasteiger partial charge in [0.05, 0.1) is 23.2 Å². The molecule has 0 saturated carbocycles. The lowest BCUT2D eigenvalue weighted by Gasteiger charge is -2.38. The van der Waals surface area contributed by atoms with Crippen LogP contribution in [0.5, 0.6) is 0 Å². The van der Waals surface area contributed by atoms with Gasteiger partial charge in [0, 0.05) is 39.2 Å². The van der Waals surface area contributed by atoms with Crippen LogP contribution < -0.4 is 15.9 Å². The minimum atomic E-state index is -0.642. The van der Waals surface area contributed by atoms with Gasteiger partial charge >= 0.3 is 11.7 Å². The van der Waals surface area contributed by atoms with Gasteiger partial charge in [0.15, 0.2) is 6.35 Å². The number of hydrogen-bond acceptors (Lipinski definition) is 7. The van der Waals surface area contributed by atoms with Crippen LogP contribution >= 0.6 is 0 Å². The van der Waals surface area contributed by atoms with Crippen LogP contribution in [-0.4, -0.2) is 47.5 Å². The van der Waals surface area contributed by atoms with Crippen LogP contribution in [-0.2, 0) is 33.1 Å². The van der Waals surface area contributed by atoms with Crippen LogP contribution in [0.2, 0.25) is 0 Å². The third-order valence-corrected chi connectivity index (χ3v) is 4.83. The average molecular weight is 404 g/mol. The minimum absolute atomic E-state index is 0.102. The molecule has 0 bridgehead atoms. The highest BCUT2D eigenvalue weighted by Gasteiger charge is 2.34. The molecule has 158 valence electrons. The highest BCUT2D eigenvalue weighted by atomic mass is 16.5. The number of imidazole rings is 1. The number of aryl methyl sites for hydroxylation is 2. The number of benzene rings is 1. The number of fused-ring (bicyclic) bond motifs is 1. The molecule has 9 heteroatoms. The van der Waals surface area contributed by atoms with E-state index in [1.807, 2.05) is 36.9 Å². The van der Waals surface area contributed by atoms with E-state index in [2.05, 4.69) is 5.32 Å². The molecule has 2 atom stereocenters. The summed E-state index contributed by atoms with van der Waals surface area (Å²) in [6.07, 6.45) is 0.502. The third-order valence-electron chi connectivity index (χ3n) is 4.83. The molecule has 0 aliphatic carbocycles. The Labute approximate surface area is 169 Å². The van der Waals surface area contributed by atoms with E-state index in [4.69, 9.17) is 14.2 Å². The molecular formula is C20H28N4O5. The number of aromatic nitrogens is 2. The van der Waals surface area contributed by atoms with E-state index in [0.29, 0.717) is 18.8 Å². The van der Waals surface area contributed by atoms with E-state index < -0.39 is 18.5 Å². The van der Waals surface area contributed by atoms with Crippen LogP contribution in [0.15, 0.2) is 34.8 Å². The molecule has 0 amide bonds. The van der Waals surface area contributed by atoms with Crippen molar-refractivity contribution >= 4 is 22.7 Å². The van der Waals surface area contributed by atoms with Gasteiger partial charge in [-0.1, -0.05) is 0 Å². The molecule has 1 N–H and O–H groups in total. The first-order chi connectivity index (χ1) is 13.9. The summed E-state index contributed by atoms with van der Waals surface area (Å²) in [4.78, 5) is 26.6. The smallest absolute Gasteiger partial charge is 0.339 e. The molecule has 9 nitrogen and oxygen atoms in total. The van der Waals surface area contributed by atoms with E-state index >= 15 is 0 Å². The lowest BCUT2D eigenvalue weighted by molar-refractivity contribution is -0.141. The first-order valence-corrected chi connectivity index (χ1v) is 9.74. The van der Waals surface area contributed by atoms with Crippen LogP contribution in [0, 0.1) is 0 Å². The molecule has 2 unspecified atom stereocenters. The van der Waals surface area contributed by atoms with Crippen molar-refractivity contribution in [1.29, 1.82) is 0 Å². The average Bonchev–Trinajstić information content (AvgIpc) is 2.92. The van der Waals surface area contributed by atoms with E-state index in [1.165, 1.54) is 0 Å². The minimum Gasteiger partial charge on any atom is -0.462 e. The molecule has 1 aromatic carbocycles. The fourth-order valence-electron chi connectivity index (χ4n) is 3.42. The Hall–Kier alpha value is -2.62. The van der Waals surface area contributed by atoms with E-state index in [1.54, 1.807) is 36.4 Å². The Bertz CT molecular complexity index is 977. The molecule has 0 saturated heterocycles. The maximum Gasteiger partial charge on any atom is 0.339 e. The summed E-state index contributed by atoms with van der Waals surface area (Å²) >= 11 is 0. The van der Waals surface area contributed by atoms with Gasteiger partial charge in [0.2, 0.25) is 0 Å². The quantitative estimate of drug-likeness (QED) is 0.699. The third kappa shape index (κ3) is 3.93. The molecule has 2 heterocycles. The predicted molar refractivity (Wildman–Crippen MR) is 109 cm³/mol. The highest BCUT2D eigenvalue weighted by molar-refractivity contribution is 5.91. The van der Waals surface area contributed by atoms with Gasteiger partial charge < -0.3 is 19.1 Å². The Morgan fingerprint density at radius 1 is 1.03 bits per heavy atom. The second kappa shape index (κ2) is 8.81. The molecule has 0 fully saturated rings. The van der Waals surface area contributed by atoms with Crippen molar-refractivity contribution in [3.05, 3.63) is 40.5 Å². The SMILES string of the molecule is CCOC(=O)C1=CN(c2ccc3c(c2)n(C)c(=O)n3C)C(OCC)NC1OCC. The maximum atomic E-state index is 12.5. The number of rotatable bonds is 7. The molecule has 3 rings (SSSR count). The zero-order valence-electron chi connectivity index (χ0n) is 17.5. The summed E-state index contributed by atoms with van der Waals surface area (Å²) in [5.74, 6) is -0.452. The zero-order valence-corrected chi connectivity index (χ0v) is 17.5. The molecule has 2 aromatic rings. The Morgan fingerprint density at radius 2 is 1.72 bits per heavy atom. The van der Waals surface area contributed by atoms with Crippen LogP contribution in [0.1, 0.15) is 20.8 Å². The van der Waals surface area contributed by atoms with Gasteiger partial charge in [-0.3, -0.25) is 9.13 Å². The number of nitrogens with zero attached hydrogens (tertiary/aromatic N) is 3. The van der Waals surface area contributed by atoms with Gasteiger partial charge in [-0.25, -0.2) is 14.9 Å². The first-order valence-electron chi connectivity index (χ1n) is 9.74. The van der Waals surface area contributed by atoms with Crippen LogP contribution in [0.25, 0.3) is 11.0 Å². The fourth-order valence-corrected chi connectivity index (χ4v) is 3.42. The number of carbonyl (C=O) groups is 1. The Morgan fingerprint density at radius 3 is 2.38 bits per heavy atom. The van der Waals surface area contributed by atoms with Crippen molar-refractivity contribution in [2.24, 2.45) is 14.1 Å². The number of anilines is 1. The van der Waals surface area contributed by atoms with Crippen molar-refractivity contribution < 1.29 is 19.0 Å². The fraction of sp³-hybridized carbons (Fsp3) is 0.500. The topological polar surface area (TPSA) is 87.0 Å². The summed E-state index contributed by atoms with van der Waals surface area (Å²) in [7, 11) is 3.47. The maximum absolute atomic E-state index is 12.5. The highest BCUT2D eigenvalue weighted by Crippen LogP contribution is 2.27. The van der Waals surface area contributed by atoms with Crippen molar-refractivity contribution in [2.75, 3.05) is 24.7 Å². The van der Waals surface area contributed by atoms with Gasteiger partial charge in [-0.05, 0) is 39.0 Å². The van der Waals surface area contributed by atoms with Gasteiger partial charge in [0.1, 0.15) is 6.23 Å². The number of ether oxygens (including phenoxy) is 3. The molecule has 1 aromatic heterocycles. The Kier molecular flexibility index (Phi) is 6.41. The van der Waals surface area contributed by atoms with Crippen molar-refractivity contribution in [3.8, 4) is 0 Å². The predicted octanol–water partition coefficient (Wildman–Crippen LogP) is 1.42. The van der Waals surface area contributed by atoms with E-state index in [9.17, 15) is 9.59 Å². The van der Waals surface area contributed by atoms with E-state index in [0.717, 1.165) is 16.7 Å².